The Bertz CT molecular complexity index is 1450. The first-order valence-electron chi connectivity index (χ1n) is 19.9. The summed E-state index contributed by atoms with van der Waals surface area (Å²) in [6, 6.07) is 0. The molecule has 7 aliphatic rings. The van der Waals surface area contributed by atoms with Crippen molar-refractivity contribution in [3.05, 3.63) is 12.2 Å². The molecule has 3 aliphatic heterocycles. The zero-order valence-electron chi connectivity index (χ0n) is 31.8. The van der Waals surface area contributed by atoms with Crippen LogP contribution in [0.5, 0.6) is 0 Å². The van der Waals surface area contributed by atoms with Gasteiger partial charge in [-0.2, -0.15) is 0 Å². The quantitative estimate of drug-likeness (QED) is 0.0812. The van der Waals surface area contributed by atoms with Crippen LogP contribution in [0.15, 0.2) is 12.2 Å². The van der Waals surface area contributed by atoms with Crippen molar-refractivity contribution in [2.75, 3.05) is 19.8 Å². The monoisotopic (exact) mass is 804 g/mol. The van der Waals surface area contributed by atoms with Crippen LogP contribution in [-0.2, 0) is 33.2 Å². The molecule has 3 saturated heterocycles. The number of carbonyl (C=O) groups is 1. The Labute approximate surface area is 324 Å². The summed E-state index contributed by atoms with van der Waals surface area (Å²) in [5.74, 6) is -0.606. The molecule has 0 aromatic heterocycles. The van der Waals surface area contributed by atoms with Gasteiger partial charge in [0.25, 0.3) is 0 Å². The Kier molecular flexibility index (Phi) is 11.9. The van der Waals surface area contributed by atoms with Crippen LogP contribution in [-0.4, -0.2) is 180 Å². The fourth-order valence-electron chi connectivity index (χ4n) is 12.1. The first-order valence-corrected chi connectivity index (χ1v) is 19.9. The molecule has 2 bridgehead atoms. The van der Waals surface area contributed by atoms with E-state index < -0.39 is 129 Å². The number of fused-ring (bicyclic) bond motifs is 3. The van der Waals surface area contributed by atoms with Crippen molar-refractivity contribution in [1.82, 2.24) is 0 Å². The van der Waals surface area contributed by atoms with Gasteiger partial charge in [-0.3, -0.25) is 4.79 Å². The maximum Gasteiger partial charge on any atom is 0.309 e. The molecule has 18 nitrogen and oxygen atoms in total. The molecule has 17 unspecified atom stereocenters. The van der Waals surface area contributed by atoms with Crippen LogP contribution in [0.2, 0.25) is 0 Å². The van der Waals surface area contributed by atoms with Crippen molar-refractivity contribution in [3.63, 3.8) is 0 Å². The van der Waals surface area contributed by atoms with Crippen LogP contribution in [0.25, 0.3) is 0 Å². The highest BCUT2D eigenvalue weighted by Crippen LogP contribution is 2.73. The van der Waals surface area contributed by atoms with E-state index in [2.05, 4.69) is 13.5 Å². The number of hydrogen-bond donors (Lipinski definition) is 11. The fraction of sp³-hybridized carbons (Fsp3) is 0.921. The van der Waals surface area contributed by atoms with Crippen molar-refractivity contribution in [3.8, 4) is 0 Å². The summed E-state index contributed by atoms with van der Waals surface area (Å²) >= 11 is 0. The van der Waals surface area contributed by atoms with Gasteiger partial charge in [-0.15, -0.1) is 0 Å². The van der Waals surface area contributed by atoms with Crippen molar-refractivity contribution in [2.24, 2.45) is 28.1 Å². The van der Waals surface area contributed by atoms with E-state index in [4.69, 9.17) is 28.4 Å². The molecular weight excluding hydrogens is 744 g/mol. The predicted octanol–water partition coefficient (Wildman–Crippen LogP) is -2.37. The van der Waals surface area contributed by atoms with Crippen molar-refractivity contribution in [1.29, 1.82) is 0 Å². The molecule has 0 radical (unpaired) electrons. The first-order chi connectivity index (χ1) is 26.4. The van der Waals surface area contributed by atoms with Gasteiger partial charge in [0.1, 0.15) is 73.2 Å². The average molecular weight is 805 g/mol. The van der Waals surface area contributed by atoms with E-state index in [0.29, 0.717) is 32.1 Å². The van der Waals surface area contributed by atoms with Crippen molar-refractivity contribution >= 4 is 5.97 Å². The van der Waals surface area contributed by atoms with Crippen LogP contribution in [0.4, 0.5) is 0 Å². The largest absolute Gasteiger partial charge is 0.481 e. The highest BCUT2D eigenvalue weighted by Gasteiger charge is 2.69. The lowest BCUT2D eigenvalue weighted by Crippen LogP contribution is -2.68. The van der Waals surface area contributed by atoms with Gasteiger partial charge in [0.15, 0.2) is 18.9 Å². The SMILES string of the molecule is C=C1C[C@@]23CCC4[C@](C)(C(=O)O)CCC[C@@]4(C)[C@@H]2CCC1(OC1OC(CO)C(O)C(OC2OC(CO)C(O)C(O)C2O)C1OC1OC(CO)C(O)C(O)C1O)C3. The number of carboxylic acid groups (broad SMARTS) is 1. The summed E-state index contributed by atoms with van der Waals surface area (Å²) in [7, 11) is 0. The van der Waals surface area contributed by atoms with Gasteiger partial charge >= 0.3 is 5.97 Å². The third-order valence-corrected chi connectivity index (χ3v) is 15.0. The Morgan fingerprint density at radius 1 is 0.679 bits per heavy atom. The molecule has 21 atom stereocenters. The Morgan fingerprint density at radius 2 is 1.20 bits per heavy atom. The van der Waals surface area contributed by atoms with Crippen molar-refractivity contribution < 1.29 is 89.4 Å². The molecular formula is C38H60O18. The molecule has 3 heterocycles. The molecule has 18 heteroatoms. The summed E-state index contributed by atoms with van der Waals surface area (Å²) in [5.41, 5.74) is -1.63. The van der Waals surface area contributed by atoms with Crippen LogP contribution >= 0.6 is 0 Å². The second-order valence-electron chi connectivity index (χ2n) is 18.0. The number of ether oxygens (including phenoxy) is 6. The van der Waals surface area contributed by atoms with Crippen LogP contribution < -0.4 is 0 Å². The molecule has 56 heavy (non-hydrogen) atoms. The number of hydrogen-bond acceptors (Lipinski definition) is 17. The summed E-state index contributed by atoms with van der Waals surface area (Å²) < 4.78 is 36.7. The zero-order valence-corrected chi connectivity index (χ0v) is 31.8. The third kappa shape index (κ3) is 6.69. The minimum absolute atomic E-state index is 0.00993. The lowest BCUT2D eigenvalue weighted by atomic mass is 9.41. The molecule has 320 valence electrons. The number of aliphatic hydroxyl groups is 10. The molecule has 11 N–H and O–H groups in total. The van der Waals surface area contributed by atoms with Gasteiger partial charge in [0, 0.05) is 0 Å². The van der Waals surface area contributed by atoms with E-state index >= 15 is 0 Å². The maximum absolute atomic E-state index is 12.7. The third-order valence-electron chi connectivity index (χ3n) is 15.0. The fourth-order valence-corrected chi connectivity index (χ4v) is 12.1. The second-order valence-corrected chi connectivity index (χ2v) is 18.0. The molecule has 0 aromatic rings. The zero-order chi connectivity index (χ0) is 40.7. The standard InChI is InChI=1S/C38H60O18/c1-16-11-37-9-5-20-35(2,7-4-8-36(20,3)34(49)50)21(37)6-10-38(16,15-37)56-33-30(55-32-28(48)26(46)23(43)18(13-40)52-32)29(24(44)19(14-41)53-33)54-31-27(47)25(45)22(42)17(12-39)51-31/h17-33,39-48H,1,4-15H2,2-3H3,(H,49,50)/t17?,18?,19?,20?,21-,22?,23?,24?,25?,26?,27?,28?,29?,30?,31?,32?,33?,35+,36+,37+,38?/m0/s1. The number of aliphatic carboxylic acids is 1. The average Bonchev–Trinajstić information content (AvgIpc) is 3.36. The lowest BCUT2D eigenvalue weighted by Gasteiger charge is -2.64. The molecule has 4 saturated carbocycles. The summed E-state index contributed by atoms with van der Waals surface area (Å²) in [5, 5.41) is 116. The molecule has 1 spiro atoms. The number of carboxylic acids is 1. The van der Waals surface area contributed by atoms with Crippen LogP contribution in [0, 0.1) is 28.1 Å². The van der Waals surface area contributed by atoms with E-state index in [0.717, 1.165) is 31.3 Å². The lowest BCUT2D eigenvalue weighted by molar-refractivity contribution is -0.400. The predicted molar refractivity (Wildman–Crippen MR) is 187 cm³/mol. The van der Waals surface area contributed by atoms with Gasteiger partial charge in [0.05, 0.1) is 30.8 Å². The van der Waals surface area contributed by atoms with Crippen molar-refractivity contribution in [2.45, 2.75) is 169 Å². The van der Waals surface area contributed by atoms with Crippen LogP contribution in [0.3, 0.4) is 0 Å². The Balaban J connectivity index is 1.21. The molecule has 0 amide bonds. The van der Waals surface area contributed by atoms with Gasteiger partial charge < -0.3 is 84.6 Å². The Hall–Kier alpha value is -1.43. The second kappa shape index (κ2) is 15.6. The van der Waals surface area contributed by atoms with Gasteiger partial charge in [-0.1, -0.05) is 19.9 Å². The van der Waals surface area contributed by atoms with E-state index in [1.165, 1.54) is 0 Å². The Morgan fingerprint density at radius 3 is 1.75 bits per heavy atom. The summed E-state index contributed by atoms with van der Waals surface area (Å²) in [6.07, 6.45) is -19.3. The van der Waals surface area contributed by atoms with Gasteiger partial charge in [-0.05, 0) is 86.5 Å². The minimum Gasteiger partial charge on any atom is -0.481 e. The van der Waals surface area contributed by atoms with E-state index in [1.807, 2.05) is 6.92 Å². The van der Waals surface area contributed by atoms with Gasteiger partial charge in [-0.25, -0.2) is 0 Å². The smallest absolute Gasteiger partial charge is 0.309 e. The van der Waals surface area contributed by atoms with E-state index in [1.54, 1.807) is 0 Å². The minimum atomic E-state index is -1.91. The maximum atomic E-state index is 12.7. The molecule has 4 aliphatic carbocycles. The summed E-state index contributed by atoms with van der Waals surface area (Å²) in [6.45, 7) is 6.28. The van der Waals surface area contributed by atoms with Gasteiger partial charge in [0.2, 0.25) is 0 Å². The number of rotatable bonds is 10. The normalized spacial score (nSPS) is 54.6. The molecule has 7 fully saturated rings. The molecule has 7 rings (SSSR count). The topological polar surface area (TPSA) is 295 Å². The van der Waals surface area contributed by atoms with E-state index in [9.17, 15) is 61.0 Å². The first kappa shape index (κ1) is 42.7. The number of aliphatic hydroxyl groups excluding tert-OH is 10. The highest BCUT2D eigenvalue weighted by molar-refractivity contribution is 5.75. The highest BCUT2D eigenvalue weighted by atomic mass is 16.8. The summed E-state index contributed by atoms with van der Waals surface area (Å²) in [4.78, 5) is 12.7. The van der Waals surface area contributed by atoms with E-state index in [-0.39, 0.29) is 22.7 Å². The molecule has 0 aromatic carbocycles. The van der Waals surface area contributed by atoms with Crippen LogP contribution in [0.1, 0.15) is 71.6 Å².